The zero-order chi connectivity index (χ0) is 29.2. The smallest absolute Gasteiger partial charge is 0.391 e. The van der Waals surface area contributed by atoms with E-state index in [4.69, 9.17) is 16.3 Å². The standard InChI is InChI=1S/C27H24ClF7N2O2/c1-25(2,3)18-6-4-16(5-7-18)15-37(9-8-17-10-19(26(30,31)32)12-21(29)11-17)24(38)39-23-14-20(27(33,34)35)13-22(28)36-23/h4-7,10-14H,8-9,15H2,1-3H3. The van der Waals surface area contributed by atoms with E-state index in [2.05, 4.69) is 4.98 Å². The van der Waals surface area contributed by atoms with Crippen LogP contribution in [0.5, 0.6) is 5.88 Å². The van der Waals surface area contributed by atoms with Gasteiger partial charge in [0, 0.05) is 19.2 Å². The monoisotopic (exact) mass is 576 g/mol. The molecule has 2 aromatic carbocycles. The van der Waals surface area contributed by atoms with Gasteiger partial charge in [0.05, 0.1) is 11.1 Å². The lowest BCUT2D eigenvalue weighted by atomic mass is 9.87. The zero-order valence-corrected chi connectivity index (χ0v) is 21.8. The van der Waals surface area contributed by atoms with Crippen molar-refractivity contribution in [3.63, 3.8) is 0 Å². The first-order valence-electron chi connectivity index (χ1n) is 11.6. The van der Waals surface area contributed by atoms with Crippen molar-refractivity contribution in [3.8, 4) is 5.88 Å². The molecule has 0 fully saturated rings. The van der Waals surface area contributed by atoms with Gasteiger partial charge in [0.25, 0.3) is 0 Å². The predicted molar refractivity (Wildman–Crippen MR) is 131 cm³/mol. The number of benzene rings is 2. The summed E-state index contributed by atoms with van der Waals surface area (Å²) in [5.41, 5.74) is -0.948. The number of ether oxygens (including phenoxy) is 1. The maximum Gasteiger partial charge on any atom is 0.416 e. The van der Waals surface area contributed by atoms with Crippen LogP contribution in [0, 0.1) is 5.82 Å². The summed E-state index contributed by atoms with van der Waals surface area (Å²) in [6.07, 6.45) is -10.9. The van der Waals surface area contributed by atoms with Gasteiger partial charge >= 0.3 is 18.4 Å². The van der Waals surface area contributed by atoms with Crippen molar-refractivity contribution in [1.29, 1.82) is 0 Å². The van der Waals surface area contributed by atoms with Crippen LogP contribution in [0.15, 0.2) is 54.6 Å². The highest BCUT2D eigenvalue weighted by Gasteiger charge is 2.33. The molecule has 0 unspecified atom stereocenters. The quantitative estimate of drug-likeness (QED) is 0.218. The molecule has 1 aromatic heterocycles. The number of rotatable bonds is 6. The van der Waals surface area contributed by atoms with Crippen molar-refractivity contribution in [2.45, 2.75) is 51.5 Å². The molecule has 3 aromatic rings. The molecule has 0 aliphatic heterocycles. The van der Waals surface area contributed by atoms with E-state index in [-0.39, 0.29) is 30.5 Å². The summed E-state index contributed by atoms with van der Waals surface area (Å²) in [6.45, 7) is 5.68. The summed E-state index contributed by atoms with van der Waals surface area (Å²) in [6, 6.07) is 10.3. The summed E-state index contributed by atoms with van der Waals surface area (Å²) in [7, 11) is 0. The number of hydrogen-bond donors (Lipinski definition) is 0. The number of halogens is 8. The van der Waals surface area contributed by atoms with E-state index in [9.17, 15) is 35.5 Å². The summed E-state index contributed by atoms with van der Waals surface area (Å²) in [5, 5.41) is -0.559. The fraction of sp³-hybridized carbons (Fsp3) is 0.333. The molecular formula is C27H24ClF7N2O2. The van der Waals surface area contributed by atoms with Gasteiger partial charge in [0.2, 0.25) is 5.88 Å². The molecule has 4 nitrogen and oxygen atoms in total. The third-order valence-corrected chi connectivity index (χ3v) is 5.89. The molecule has 0 radical (unpaired) electrons. The number of hydrogen-bond acceptors (Lipinski definition) is 3. The van der Waals surface area contributed by atoms with Crippen molar-refractivity contribution in [3.05, 3.63) is 93.4 Å². The molecule has 0 N–H and O–H groups in total. The highest BCUT2D eigenvalue weighted by Crippen LogP contribution is 2.33. The Morgan fingerprint density at radius 1 is 0.846 bits per heavy atom. The molecule has 1 amide bonds. The number of amides is 1. The average molecular weight is 577 g/mol. The molecule has 0 aliphatic rings. The first-order chi connectivity index (χ1) is 17.9. The van der Waals surface area contributed by atoms with Crippen LogP contribution in [-0.2, 0) is 30.7 Å². The Morgan fingerprint density at radius 3 is 2.00 bits per heavy atom. The Balaban J connectivity index is 1.88. The third-order valence-electron chi connectivity index (χ3n) is 5.70. The lowest BCUT2D eigenvalue weighted by Crippen LogP contribution is -2.35. The van der Waals surface area contributed by atoms with Crippen LogP contribution in [0.4, 0.5) is 35.5 Å². The second-order valence-corrected chi connectivity index (χ2v) is 10.2. The van der Waals surface area contributed by atoms with E-state index < -0.39 is 46.4 Å². The van der Waals surface area contributed by atoms with Crippen LogP contribution in [-0.4, -0.2) is 22.5 Å². The fourth-order valence-electron chi connectivity index (χ4n) is 3.63. The molecule has 0 saturated carbocycles. The van der Waals surface area contributed by atoms with Crippen molar-refractivity contribution in [2.24, 2.45) is 0 Å². The minimum Gasteiger partial charge on any atom is -0.391 e. The predicted octanol–water partition coefficient (Wildman–Crippen LogP) is 8.45. The summed E-state index contributed by atoms with van der Waals surface area (Å²) < 4.78 is 97.8. The molecular weight excluding hydrogens is 553 g/mol. The van der Waals surface area contributed by atoms with Gasteiger partial charge in [0.1, 0.15) is 11.0 Å². The third kappa shape index (κ3) is 8.58. The Morgan fingerprint density at radius 2 is 1.44 bits per heavy atom. The van der Waals surface area contributed by atoms with Gasteiger partial charge in [-0.25, -0.2) is 14.2 Å². The van der Waals surface area contributed by atoms with E-state index in [1.54, 1.807) is 12.1 Å². The minimum absolute atomic E-state index is 0.0385. The van der Waals surface area contributed by atoms with Crippen molar-refractivity contribution in [1.82, 2.24) is 9.88 Å². The first kappa shape index (κ1) is 30.2. The number of carbonyl (C=O) groups is 1. The highest BCUT2D eigenvalue weighted by atomic mass is 35.5. The molecule has 0 saturated heterocycles. The minimum atomic E-state index is -4.78. The largest absolute Gasteiger partial charge is 0.416 e. The number of pyridine rings is 1. The molecule has 0 spiro atoms. The lowest BCUT2D eigenvalue weighted by Gasteiger charge is -2.23. The van der Waals surface area contributed by atoms with E-state index in [0.29, 0.717) is 23.8 Å². The zero-order valence-electron chi connectivity index (χ0n) is 21.1. The second-order valence-electron chi connectivity index (χ2n) is 9.85. The van der Waals surface area contributed by atoms with Crippen molar-refractivity contribution >= 4 is 17.7 Å². The molecule has 0 aliphatic carbocycles. The Labute approximate surface area is 225 Å². The van der Waals surface area contributed by atoms with E-state index in [0.717, 1.165) is 22.6 Å². The summed E-state index contributed by atoms with van der Waals surface area (Å²) in [4.78, 5) is 17.7. The maximum absolute atomic E-state index is 13.9. The molecule has 3 rings (SSSR count). The molecule has 12 heteroatoms. The highest BCUT2D eigenvalue weighted by molar-refractivity contribution is 6.29. The van der Waals surface area contributed by atoms with E-state index >= 15 is 0 Å². The SMILES string of the molecule is CC(C)(C)c1ccc(CN(CCc2cc(F)cc(C(F)(F)F)c2)C(=O)Oc2cc(C(F)(F)F)cc(Cl)n2)cc1. The van der Waals surface area contributed by atoms with Gasteiger partial charge in [-0.05, 0) is 52.8 Å². The topological polar surface area (TPSA) is 42.4 Å². The molecule has 0 atom stereocenters. The van der Waals surface area contributed by atoms with Crippen molar-refractivity contribution in [2.75, 3.05) is 6.54 Å². The van der Waals surface area contributed by atoms with Gasteiger partial charge in [0.15, 0.2) is 0 Å². The van der Waals surface area contributed by atoms with E-state index in [1.165, 1.54) is 0 Å². The lowest BCUT2D eigenvalue weighted by molar-refractivity contribution is -0.138. The van der Waals surface area contributed by atoms with E-state index in [1.807, 2.05) is 32.9 Å². The van der Waals surface area contributed by atoms with Crippen LogP contribution in [0.1, 0.15) is 48.6 Å². The van der Waals surface area contributed by atoms with Crippen LogP contribution in [0.2, 0.25) is 5.15 Å². The van der Waals surface area contributed by atoms with Gasteiger partial charge in [-0.2, -0.15) is 26.3 Å². The van der Waals surface area contributed by atoms with Crippen LogP contribution >= 0.6 is 11.6 Å². The van der Waals surface area contributed by atoms with Gasteiger partial charge in [-0.3, -0.25) is 0 Å². The second kappa shape index (κ2) is 11.4. The Hall–Kier alpha value is -3.34. The Kier molecular flexibility index (Phi) is 8.84. The molecule has 0 bridgehead atoms. The normalized spacial score (nSPS) is 12.4. The van der Waals surface area contributed by atoms with Gasteiger partial charge in [-0.1, -0.05) is 56.6 Å². The van der Waals surface area contributed by atoms with Crippen LogP contribution in [0.25, 0.3) is 0 Å². The van der Waals surface area contributed by atoms with Gasteiger partial charge < -0.3 is 9.64 Å². The maximum atomic E-state index is 13.9. The first-order valence-corrected chi connectivity index (χ1v) is 12.0. The molecule has 210 valence electrons. The van der Waals surface area contributed by atoms with Gasteiger partial charge in [-0.15, -0.1) is 0 Å². The average Bonchev–Trinajstić information content (AvgIpc) is 2.79. The summed E-state index contributed by atoms with van der Waals surface area (Å²) >= 11 is 5.66. The molecule has 1 heterocycles. The number of aromatic nitrogens is 1. The summed E-state index contributed by atoms with van der Waals surface area (Å²) in [5.74, 6) is -1.81. The Bertz CT molecular complexity index is 1320. The fourth-order valence-corrected chi connectivity index (χ4v) is 3.83. The number of nitrogens with zero attached hydrogens (tertiary/aromatic N) is 2. The van der Waals surface area contributed by atoms with Crippen LogP contribution < -0.4 is 4.74 Å². The number of carbonyl (C=O) groups excluding carboxylic acids is 1. The van der Waals surface area contributed by atoms with Crippen LogP contribution in [0.3, 0.4) is 0 Å². The van der Waals surface area contributed by atoms with Crippen molar-refractivity contribution < 1.29 is 40.3 Å². The molecule has 39 heavy (non-hydrogen) atoms. The number of alkyl halides is 6.